The Morgan fingerprint density at radius 2 is 1.10 bits per heavy atom. The third kappa shape index (κ3) is 34.1. The van der Waals surface area contributed by atoms with Crippen molar-refractivity contribution in [2.24, 2.45) is 5.73 Å². The molecule has 3 atom stereocenters. The fraction of sp³-hybridized carbons (Fsp3) is 0.667. The lowest BCUT2D eigenvalue weighted by Crippen LogP contribution is -2.34. The number of hydrogen-bond acceptors (Lipinski definition) is 9. The van der Waals surface area contributed by atoms with E-state index in [4.69, 9.17) is 24.8 Å². The number of carbonyl (C=O) groups is 3. The normalized spacial score (nSPS) is 14.6. The molecule has 0 aromatic carbocycles. The van der Waals surface area contributed by atoms with Crippen LogP contribution in [-0.2, 0) is 37.5 Å². The standard InChI is InChI=1S/C39H66NO10P/c1-3-5-7-9-11-13-15-17-18-19-21-23-25-27-29-31-38(42)50-35(33-48-51(45,46)49-34-36(40)39(43)44)32-47-37(41)30-28-26-24-22-20-16-14-12-10-8-6-4-2/h5,7,11-14,17-18,21,23,35-36H,3-4,6,8-10,15-16,19-20,22,24-34,40H2,1-2H3,(H,43,44)(H,45,46)/b7-5+,13-11+,14-12+,18-17+,23-21+/t35-,36+/m1/s1. The molecule has 0 rings (SSSR count). The average Bonchev–Trinajstić information content (AvgIpc) is 3.10. The number of ether oxygens (including phenoxy) is 2. The molecule has 0 heterocycles. The van der Waals surface area contributed by atoms with Crippen LogP contribution in [0.1, 0.15) is 136 Å². The predicted octanol–water partition coefficient (Wildman–Crippen LogP) is 9.22. The Bertz CT molecular complexity index is 1100. The summed E-state index contributed by atoms with van der Waals surface area (Å²) in [5.41, 5.74) is 5.31. The van der Waals surface area contributed by atoms with E-state index in [0.29, 0.717) is 12.8 Å². The number of carboxylic acids is 1. The van der Waals surface area contributed by atoms with E-state index in [0.717, 1.165) is 77.0 Å². The molecular weight excluding hydrogens is 673 g/mol. The van der Waals surface area contributed by atoms with Crippen LogP contribution in [0.3, 0.4) is 0 Å². The van der Waals surface area contributed by atoms with Crippen LogP contribution in [0, 0.1) is 0 Å². The van der Waals surface area contributed by atoms with Crippen LogP contribution in [-0.4, -0.2) is 59.9 Å². The summed E-state index contributed by atoms with van der Waals surface area (Å²) in [4.78, 5) is 45.7. The molecule has 0 saturated heterocycles. The van der Waals surface area contributed by atoms with Crippen LogP contribution in [0.4, 0.5) is 0 Å². The zero-order valence-corrected chi connectivity index (χ0v) is 32.1. The monoisotopic (exact) mass is 739 g/mol. The smallest absolute Gasteiger partial charge is 0.472 e. The van der Waals surface area contributed by atoms with Crippen molar-refractivity contribution in [3.8, 4) is 0 Å². The number of phosphoric ester groups is 1. The number of phosphoric acid groups is 1. The van der Waals surface area contributed by atoms with Gasteiger partial charge >= 0.3 is 25.7 Å². The molecular formula is C39H66NO10P. The maximum Gasteiger partial charge on any atom is 0.472 e. The van der Waals surface area contributed by atoms with E-state index in [1.165, 1.54) is 19.3 Å². The van der Waals surface area contributed by atoms with Gasteiger partial charge in [-0.1, -0.05) is 107 Å². The topological polar surface area (TPSA) is 172 Å². The van der Waals surface area contributed by atoms with E-state index < -0.39 is 51.1 Å². The van der Waals surface area contributed by atoms with Gasteiger partial charge in [0.2, 0.25) is 0 Å². The summed E-state index contributed by atoms with van der Waals surface area (Å²) in [5.74, 6) is -2.46. The van der Waals surface area contributed by atoms with Gasteiger partial charge in [-0.25, -0.2) is 4.57 Å². The predicted molar refractivity (Wildman–Crippen MR) is 203 cm³/mol. The van der Waals surface area contributed by atoms with Gasteiger partial charge in [-0.3, -0.25) is 23.4 Å². The van der Waals surface area contributed by atoms with E-state index in [1.807, 2.05) is 0 Å². The molecule has 1 unspecified atom stereocenters. The van der Waals surface area contributed by atoms with Crippen LogP contribution in [0.5, 0.6) is 0 Å². The molecule has 0 saturated carbocycles. The van der Waals surface area contributed by atoms with Gasteiger partial charge in [0.25, 0.3) is 0 Å². The van der Waals surface area contributed by atoms with Crippen molar-refractivity contribution in [3.63, 3.8) is 0 Å². The Morgan fingerprint density at radius 3 is 1.71 bits per heavy atom. The van der Waals surface area contributed by atoms with Crippen molar-refractivity contribution < 1.29 is 47.5 Å². The zero-order valence-electron chi connectivity index (χ0n) is 31.2. The molecule has 0 bridgehead atoms. The molecule has 0 aliphatic carbocycles. The molecule has 0 aromatic rings. The second-order valence-corrected chi connectivity index (χ2v) is 13.8. The number of esters is 2. The minimum atomic E-state index is -4.72. The molecule has 0 spiro atoms. The number of carbonyl (C=O) groups excluding carboxylic acids is 2. The van der Waals surface area contributed by atoms with Gasteiger partial charge in [-0.15, -0.1) is 0 Å². The van der Waals surface area contributed by atoms with E-state index in [2.05, 4.69) is 79.1 Å². The van der Waals surface area contributed by atoms with Gasteiger partial charge in [0.1, 0.15) is 12.6 Å². The number of unbranched alkanes of at least 4 members (excludes halogenated alkanes) is 10. The Balaban J connectivity index is 4.56. The van der Waals surface area contributed by atoms with Crippen LogP contribution in [0.15, 0.2) is 60.8 Å². The van der Waals surface area contributed by atoms with Crippen LogP contribution in [0.25, 0.3) is 0 Å². The molecule has 0 radical (unpaired) electrons. The summed E-state index contributed by atoms with van der Waals surface area (Å²) in [5, 5.41) is 8.85. The third-order valence-corrected chi connectivity index (χ3v) is 8.45. The number of carboxylic acid groups (broad SMARTS) is 1. The summed E-state index contributed by atoms with van der Waals surface area (Å²) in [7, 11) is -4.72. The lowest BCUT2D eigenvalue weighted by Gasteiger charge is -2.20. The minimum absolute atomic E-state index is 0.105. The van der Waals surface area contributed by atoms with Crippen molar-refractivity contribution in [1.82, 2.24) is 0 Å². The number of aliphatic carboxylic acids is 1. The van der Waals surface area contributed by atoms with Crippen LogP contribution >= 0.6 is 7.82 Å². The summed E-state index contributed by atoms with van der Waals surface area (Å²) >= 11 is 0. The molecule has 0 aromatic heterocycles. The summed E-state index contributed by atoms with van der Waals surface area (Å²) in [6.45, 7) is 2.57. The van der Waals surface area contributed by atoms with Crippen molar-refractivity contribution in [2.75, 3.05) is 19.8 Å². The first kappa shape index (κ1) is 48.2. The van der Waals surface area contributed by atoms with Gasteiger partial charge < -0.3 is 25.2 Å². The van der Waals surface area contributed by atoms with E-state index in [9.17, 15) is 23.8 Å². The van der Waals surface area contributed by atoms with Crippen molar-refractivity contribution in [2.45, 2.75) is 148 Å². The number of nitrogens with two attached hydrogens (primary N) is 1. The highest BCUT2D eigenvalue weighted by Gasteiger charge is 2.28. The van der Waals surface area contributed by atoms with Gasteiger partial charge in [0, 0.05) is 12.8 Å². The van der Waals surface area contributed by atoms with Gasteiger partial charge in [-0.2, -0.15) is 0 Å². The Labute approximate surface area is 307 Å². The maximum absolute atomic E-state index is 12.5. The molecule has 0 amide bonds. The quantitative estimate of drug-likeness (QED) is 0.0249. The summed E-state index contributed by atoms with van der Waals surface area (Å²) in [6, 6.07) is -1.53. The highest BCUT2D eigenvalue weighted by molar-refractivity contribution is 7.47. The largest absolute Gasteiger partial charge is 0.480 e. The first-order chi connectivity index (χ1) is 24.6. The van der Waals surface area contributed by atoms with Crippen LogP contribution < -0.4 is 5.73 Å². The molecule has 12 heteroatoms. The zero-order chi connectivity index (χ0) is 37.8. The second kappa shape index (κ2) is 34.3. The first-order valence-corrected chi connectivity index (χ1v) is 20.3. The number of hydrogen-bond donors (Lipinski definition) is 3. The van der Waals surface area contributed by atoms with Gasteiger partial charge in [-0.05, 0) is 77.0 Å². The second-order valence-electron chi connectivity index (χ2n) is 12.3. The van der Waals surface area contributed by atoms with E-state index in [-0.39, 0.29) is 19.4 Å². The van der Waals surface area contributed by atoms with Gasteiger partial charge in [0.05, 0.1) is 13.2 Å². The molecule has 51 heavy (non-hydrogen) atoms. The highest BCUT2D eigenvalue weighted by atomic mass is 31.2. The fourth-order valence-corrected chi connectivity index (χ4v) is 5.30. The van der Waals surface area contributed by atoms with Gasteiger partial charge in [0.15, 0.2) is 6.10 Å². The van der Waals surface area contributed by atoms with E-state index in [1.54, 1.807) is 0 Å². The molecule has 0 fully saturated rings. The molecule has 0 aliphatic rings. The lowest BCUT2D eigenvalue weighted by molar-refractivity contribution is -0.161. The van der Waals surface area contributed by atoms with Crippen molar-refractivity contribution >= 4 is 25.7 Å². The Kier molecular flexibility index (Phi) is 32.4. The molecule has 4 N–H and O–H groups in total. The first-order valence-electron chi connectivity index (χ1n) is 18.8. The average molecular weight is 740 g/mol. The Hall–Kier alpha value is -2.82. The number of allylic oxidation sites excluding steroid dienone is 10. The molecule has 292 valence electrons. The summed E-state index contributed by atoms with van der Waals surface area (Å²) < 4.78 is 32.5. The lowest BCUT2D eigenvalue weighted by atomic mass is 10.1. The minimum Gasteiger partial charge on any atom is -0.480 e. The maximum atomic E-state index is 12.5. The van der Waals surface area contributed by atoms with Crippen molar-refractivity contribution in [3.05, 3.63) is 60.8 Å². The third-order valence-electron chi connectivity index (χ3n) is 7.50. The molecule has 11 nitrogen and oxygen atoms in total. The van der Waals surface area contributed by atoms with Crippen molar-refractivity contribution in [1.29, 1.82) is 0 Å². The fourth-order valence-electron chi connectivity index (χ4n) is 4.52. The SMILES string of the molecule is CC/C=C/C/C=C/C/C=C/C/C=C/CCCCC(=O)O[C@H](COC(=O)CCCCCCC/C=C/CCCCC)COP(=O)(O)OC[C@H](N)C(=O)O. The highest BCUT2D eigenvalue weighted by Crippen LogP contribution is 2.43. The number of rotatable bonds is 34. The van der Waals surface area contributed by atoms with E-state index >= 15 is 0 Å². The summed E-state index contributed by atoms with van der Waals surface area (Å²) in [6.07, 6.45) is 37.3. The molecule has 0 aliphatic heterocycles. The van der Waals surface area contributed by atoms with Crippen LogP contribution in [0.2, 0.25) is 0 Å². The Morgan fingerprint density at radius 1 is 0.627 bits per heavy atom.